The van der Waals surface area contributed by atoms with Crippen LogP contribution in [0.25, 0.3) is 17.5 Å². The fourth-order valence-electron chi connectivity index (χ4n) is 3.54. The molecule has 11 nitrogen and oxygen atoms in total. The molecular weight excluding hydrogens is 560 g/mol. The number of H-pyrrole nitrogens is 1. The molecule has 0 atom stereocenters. The van der Waals surface area contributed by atoms with E-state index < -0.39 is 10.9 Å². The van der Waals surface area contributed by atoms with E-state index in [-0.39, 0.29) is 22.4 Å². The topological polar surface area (TPSA) is 150 Å². The number of nitro benzene ring substituents is 1. The van der Waals surface area contributed by atoms with Gasteiger partial charge in [-0.15, -0.1) is 5.10 Å². The van der Waals surface area contributed by atoms with Crippen molar-refractivity contribution >= 4 is 41.1 Å². The van der Waals surface area contributed by atoms with E-state index in [0.29, 0.717) is 45.8 Å². The van der Waals surface area contributed by atoms with Gasteiger partial charge in [0, 0.05) is 17.2 Å². The lowest BCUT2D eigenvalue weighted by molar-refractivity contribution is -0.384. The Balaban J connectivity index is 1.53. The van der Waals surface area contributed by atoms with Crippen LogP contribution in [0.4, 0.5) is 5.69 Å². The van der Waals surface area contributed by atoms with Crippen LogP contribution in [-0.2, 0) is 11.4 Å². The summed E-state index contributed by atoms with van der Waals surface area (Å²) in [6.07, 6.45) is 1.48. The Labute approximate surface area is 237 Å². The number of aromatic nitrogens is 3. The summed E-state index contributed by atoms with van der Waals surface area (Å²) in [6, 6.07) is 16.1. The molecule has 13 heteroatoms. The maximum absolute atomic E-state index is 12.0. The van der Waals surface area contributed by atoms with Crippen LogP contribution in [-0.4, -0.2) is 44.9 Å². The standard InChI is InChI=1S/C27H23ClN4O7S/c1-3-38-23-12-17(6-10-22(23)39-15-16-4-8-19(9-5-16)32(35)36)13-24(26(33)34)40-27-29-25(30-31-27)20-14-18(28)7-11-21(20)37-2/h4-14H,3,15H2,1-2H3,(H,33,34)(H,29,30,31)/b24-13-. The Morgan fingerprint density at radius 1 is 1.10 bits per heavy atom. The van der Waals surface area contributed by atoms with E-state index in [2.05, 4.69) is 15.2 Å². The van der Waals surface area contributed by atoms with Crippen LogP contribution < -0.4 is 14.2 Å². The fourth-order valence-corrected chi connectivity index (χ4v) is 4.42. The molecule has 206 valence electrons. The molecule has 0 bridgehead atoms. The second kappa shape index (κ2) is 13.0. The Morgan fingerprint density at radius 3 is 2.52 bits per heavy atom. The fraction of sp³-hybridized carbons (Fsp3) is 0.148. The van der Waals surface area contributed by atoms with Crippen molar-refractivity contribution in [2.75, 3.05) is 13.7 Å². The van der Waals surface area contributed by atoms with E-state index in [9.17, 15) is 20.0 Å². The van der Waals surface area contributed by atoms with E-state index in [4.69, 9.17) is 25.8 Å². The number of rotatable bonds is 12. The van der Waals surface area contributed by atoms with Gasteiger partial charge in [0.1, 0.15) is 17.3 Å². The highest BCUT2D eigenvalue weighted by Crippen LogP contribution is 2.34. The zero-order chi connectivity index (χ0) is 28.6. The maximum Gasteiger partial charge on any atom is 0.342 e. The van der Waals surface area contributed by atoms with Crippen molar-refractivity contribution < 1.29 is 29.0 Å². The van der Waals surface area contributed by atoms with Gasteiger partial charge in [0.25, 0.3) is 5.69 Å². The average molecular weight is 583 g/mol. The summed E-state index contributed by atoms with van der Waals surface area (Å²) in [5, 5.41) is 28.3. The summed E-state index contributed by atoms with van der Waals surface area (Å²) >= 11 is 6.98. The third kappa shape index (κ3) is 7.10. The lowest BCUT2D eigenvalue weighted by Crippen LogP contribution is -2.01. The van der Waals surface area contributed by atoms with Crippen LogP contribution in [0.15, 0.2) is 70.7 Å². The van der Waals surface area contributed by atoms with Crippen LogP contribution in [0.1, 0.15) is 18.1 Å². The Hall–Kier alpha value is -4.55. The maximum atomic E-state index is 12.0. The normalized spacial score (nSPS) is 11.2. The molecule has 0 fully saturated rings. The summed E-state index contributed by atoms with van der Waals surface area (Å²) in [4.78, 5) is 26.8. The number of methoxy groups -OCH3 is 1. The van der Waals surface area contributed by atoms with Gasteiger partial charge < -0.3 is 19.3 Å². The summed E-state index contributed by atoms with van der Waals surface area (Å²) in [7, 11) is 1.52. The van der Waals surface area contributed by atoms with Crippen molar-refractivity contribution in [3.63, 3.8) is 0 Å². The minimum atomic E-state index is -1.16. The first-order chi connectivity index (χ1) is 19.3. The molecule has 0 aliphatic heterocycles. The number of carboxylic acids is 1. The number of nitro groups is 1. The number of benzene rings is 3. The number of carboxylic acid groups (broad SMARTS) is 1. The van der Waals surface area contributed by atoms with E-state index in [0.717, 1.165) is 17.3 Å². The number of thioether (sulfide) groups is 1. The molecule has 0 radical (unpaired) electrons. The lowest BCUT2D eigenvalue weighted by atomic mass is 10.2. The van der Waals surface area contributed by atoms with Crippen LogP contribution in [0.3, 0.4) is 0 Å². The van der Waals surface area contributed by atoms with Gasteiger partial charge in [-0.25, -0.2) is 9.78 Å². The molecule has 3 aromatic carbocycles. The van der Waals surface area contributed by atoms with Crippen molar-refractivity contribution in [1.82, 2.24) is 15.2 Å². The van der Waals surface area contributed by atoms with Crippen molar-refractivity contribution in [1.29, 1.82) is 0 Å². The van der Waals surface area contributed by atoms with E-state index in [1.807, 2.05) is 6.92 Å². The monoisotopic (exact) mass is 582 g/mol. The number of nitrogens with one attached hydrogen (secondary N) is 1. The number of halogens is 1. The van der Waals surface area contributed by atoms with Gasteiger partial charge in [-0.1, -0.05) is 17.7 Å². The van der Waals surface area contributed by atoms with E-state index >= 15 is 0 Å². The number of hydrogen-bond donors (Lipinski definition) is 2. The summed E-state index contributed by atoms with van der Waals surface area (Å²) in [5.41, 5.74) is 1.87. The predicted molar refractivity (Wildman–Crippen MR) is 150 cm³/mol. The van der Waals surface area contributed by atoms with Gasteiger partial charge >= 0.3 is 5.97 Å². The highest BCUT2D eigenvalue weighted by Gasteiger charge is 2.17. The van der Waals surface area contributed by atoms with Gasteiger partial charge in [-0.3, -0.25) is 15.2 Å². The Bertz CT molecular complexity index is 1560. The SMILES string of the molecule is CCOc1cc(/C=C(\Sc2n[nH]c(-c3cc(Cl)ccc3OC)n2)C(=O)O)ccc1OCc1ccc([N+](=O)[O-])cc1. The summed E-state index contributed by atoms with van der Waals surface area (Å²) in [6.45, 7) is 2.33. The molecule has 0 aliphatic carbocycles. The second-order valence-corrected chi connectivity index (χ2v) is 9.52. The molecule has 0 saturated carbocycles. The molecule has 40 heavy (non-hydrogen) atoms. The number of aromatic amines is 1. The van der Waals surface area contributed by atoms with Crippen molar-refractivity contribution in [2.24, 2.45) is 0 Å². The number of ether oxygens (including phenoxy) is 3. The molecule has 0 aliphatic rings. The first-order valence-electron chi connectivity index (χ1n) is 11.8. The summed E-state index contributed by atoms with van der Waals surface area (Å²) in [5.74, 6) is 0.607. The first-order valence-corrected chi connectivity index (χ1v) is 13.0. The smallest absolute Gasteiger partial charge is 0.342 e. The third-order valence-electron chi connectivity index (χ3n) is 5.40. The van der Waals surface area contributed by atoms with Crippen LogP contribution in [0.5, 0.6) is 17.2 Å². The largest absolute Gasteiger partial charge is 0.496 e. The molecule has 0 unspecified atom stereocenters. The van der Waals surface area contributed by atoms with Crippen LogP contribution >= 0.6 is 23.4 Å². The molecule has 1 aromatic heterocycles. The predicted octanol–water partition coefficient (Wildman–Crippen LogP) is 6.24. The number of non-ortho nitro benzene ring substituents is 1. The van der Waals surface area contributed by atoms with Gasteiger partial charge in [0.15, 0.2) is 17.3 Å². The number of aliphatic carboxylic acids is 1. The summed E-state index contributed by atoms with van der Waals surface area (Å²) < 4.78 is 16.9. The van der Waals surface area contributed by atoms with Crippen molar-refractivity contribution in [3.8, 4) is 28.6 Å². The quantitative estimate of drug-likeness (QED) is 0.0850. The van der Waals surface area contributed by atoms with Gasteiger partial charge in [0.05, 0.1) is 24.2 Å². The minimum Gasteiger partial charge on any atom is -0.496 e. The molecule has 0 saturated heterocycles. The first kappa shape index (κ1) is 28.5. The number of hydrogen-bond acceptors (Lipinski definition) is 9. The van der Waals surface area contributed by atoms with Gasteiger partial charge in [-0.2, -0.15) is 0 Å². The zero-order valence-corrected chi connectivity index (χ0v) is 22.9. The van der Waals surface area contributed by atoms with E-state index in [1.165, 1.54) is 25.3 Å². The highest BCUT2D eigenvalue weighted by molar-refractivity contribution is 8.04. The molecule has 0 amide bonds. The average Bonchev–Trinajstić information content (AvgIpc) is 3.41. The van der Waals surface area contributed by atoms with Gasteiger partial charge in [0.2, 0.25) is 5.16 Å². The molecule has 2 N–H and O–H groups in total. The molecule has 4 aromatic rings. The molecule has 0 spiro atoms. The van der Waals surface area contributed by atoms with E-state index in [1.54, 1.807) is 48.5 Å². The minimum absolute atomic E-state index is 0.00699. The highest BCUT2D eigenvalue weighted by atomic mass is 35.5. The molecule has 4 rings (SSSR count). The van der Waals surface area contributed by atoms with Gasteiger partial charge in [-0.05, 0) is 78.4 Å². The second-order valence-electron chi connectivity index (χ2n) is 8.08. The molecular formula is C27H23ClN4O7S. The van der Waals surface area contributed by atoms with Crippen molar-refractivity contribution in [3.05, 3.63) is 91.8 Å². The van der Waals surface area contributed by atoms with Crippen LogP contribution in [0, 0.1) is 10.1 Å². The lowest BCUT2D eigenvalue weighted by Gasteiger charge is -2.13. The Morgan fingerprint density at radius 2 is 1.85 bits per heavy atom. The third-order valence-corrected chi connectivity index (χ3v) is 6.51. The zero-order valence-electron chi connectivity index (χ0n) is 21.3. The van der Waals surface area contributed by atoms with Crippen molar-refractivity contribution in [2.45, 2.75) is 18.7 Å². The Kier molecular flexibility index (Phi) is 9.25. The van der Waals surface area contributed by atoms with Crippen LogP contribution in [0.2, 0.25) is 5.02 Å². The molecule has 1 heterocycles. The number of nitrogens with zero attached hydrogens (tertiary/aromatic N) is 3. The number of carbonyl (C=O) groups is 1.